The monoisotopic (exact) mass is 298 g/mol. The maximum atomic E-state index is 12.7. The lowest BCUT2D eigenvalue weighted by Gasteiger charge is -2.31. The molecule has 0 saturated heterocycles. The van der Waals surface area contributed by atoms with Gasteiger partial charge in [-0.05, 0) is 31.5 Å². The molecular formula is C18H22N2O2. The van der Waals surface area contributed by atoms with Crippen LogP contribution >= 0.6 is 0 Å². The van der Waals surface area contributed by atoms with Gasteiger partial charge in [-0.2, -0.15) is 0 Å². The molecule has 22 heavy (non-hydrogen) atoms. The van der Waals surface area contributed by atoms with Gasteiger partial charge in [0.2, 0.25) is 0 Å². The Morgan fingerprint density at radius 3 is 2.41 bits per heavy atom. The molecule has 1 heterocycles. The van der Waals surface area contributed by atoms with E-state index in [0.29, 0.717) is 6.54 Å². The van der Waals surface area contributed by atoms with Crippen LogP contribution in [0, 0.1) is 0 Å². The van der Waals surface area contributed by atoms with Crippen LogP contribution in [0.1, 0.15) is 31.1 Å². The van der Waals surface area contributed by atoms with Crippen LogP contribution in [0.25, 0.3) is 0 Å². The van der Waals surface area contributed by atoms with Crippen molar-refractivity contribution in [3.63, 3.8) is 0 Å². The van der Waals surface area contributed by atoms with Gasteiger partial charge in [0.15, 0.2) is 0 Å². The van der Waals surface area contributed by atoms with E-state index >= 15 is 0 Å². The van der Waals surface area contributed by atoms with E-state index in [1.807, 2.05) is 60.4 Å². The molecule has 2 unspecified atom stereocenters. The van der Waals surface area contributed by atoms with E-state index in [2.05, 4.69) is 4.98 Å². The Bertz CT molecular complexity index is 587. The molecule has 0 radical (unpaired) electrons. The van der Waals surface area contributed by atoms with Crippen molar-refractivity contribution in [2.75, 3.05) is 7.11 Å². The molecule has 0 bridgehead atoms. The zero-order chi connectivity index (χ0) is 15.9. The Kier molecular flexibility index (Phi) is 5.67. The van der Waals surface area contributed by atoms with Gasteiger partial charge in [-0.15, -0.1) is 0 Å². The topological polar surface area (TPSA) is 42.4 Å². The summed E-state index contributed by atoms with van der Waals surface area (Å²) in [7, 11) is 1.55. The largest absolute Gasteiger partial charge is 0.372 e. The lowest BCUT2D eigenvalue weighted by atomic mass is 10.1. The van der Waals surface area contributed by atoms with Crippen LogP contribution < -0.4 is 0 Å². The average Bonchev–Trinajstić information content (AvgIpc) is 2.59. The highest BCUT2D eigenvalue weighted by Gasteiger charge is 2.26. The minimum atomic E-state index is -0.477. The molecule has 0 N–H and O–H groups in total. The second-order valence-corrected chi connectivity index (χ2v) is 5.26. The maximum Gasteiger partial charge on any atom is 0.252 e. The summed E-state index contributed by atoms with van der Waals surface area (Å²) in [4.78, 5) is 18.9. The summed E-state index contributed by atoms with van der Waals surface area (Å²) in [6.07, 6.45) is 1.27. The van der Waals surface area contributed by atoms with E-state index in [1.165, 1.54) is 0 Å². The van der Waals surface area contributed by atoms with Crippen LogP contribution in [0.3, 0.4) is 0 Å². The zero-order valence-corrected chi connectivity index (χ0v) is 13.3. The molecular weight excluding hydrogens is 276 g/mol. The highest BCUT2D eigenvalue weighted by atomic mass is 16.5. The summed E-state index contributed by atoms with van der Waals surface area (Å²) in [5.74, 6) is -0.0375. The molecule has 2 rings (SSSR count). The first-order valence-electron chi connectivity index (χ1n) is 7.41. The molecule has 4 heteroatoms. The number of rotatable bonds is 6. The number of amides is 1. The molecule has 1 aromatic heterocycles. The first kappa shape index (κ1) is 16.2. The number of hydrogen-bond acceptors (Lipinski definition) is 3. The zero-order valence-electron chi connectivity index (χ0n) is 13.3. The number of nitrogens with zero attached hydrogens (tertiary/aromatic N) is 2. The lowest BCUT2D eigenvalue weighted by Crippen LogP contribution is -2.40. The van der Waals surface area contributed by atoms with Gasteiger partial charge in [0.05, 0.1) is 11.7 Å². The SMILES string of the molecule is COC(C)C(=O)N(Cc1ccccc1)C(C)c1ccccn1. The van der Waals surface area contributed by atoms with Crippen molar-refractivity contribution in [3.05, 3.63) is 66.0 Å². The third-order valence-electron chi connectivity index (χ3n) is 3.76. The number of benzene rings is 1. The van der Waals surface area contributed by atoms with E-state index in [9.17, 15) is 4.79 Å². The molecule has 1 amide bonds. The first-order chi connectivity index (χ1) is 10.6. The van der Waals surface area contributed by atoms with Gasteiger partial charge in [0, 0.05) is 19.9 Å². The summed E-state index contributed by atoms with van der Waals surface area (Å²) in [6.45, 7) is 4.29. The number of methoxy groups -OCH3 is 1. The number of ether oxygens (including phenoxy) is 1. The fourth-order valence-corrected chi connectivity index (χ4v) is 2.30. The Labute approximate surface area is 131 Å². The quantitative estimate of drug-likeness (QED) is 0.822. The van der Waals surface area contributed by atoms with E-state index in [4.69, 9.17) is 4.74 Å². The van der Waals surface area contributed by atoms with E-state index in [0.717, 1.165) is 11.3 Å². The van der Waals surface area contributed by atoms with Crippen molar-refractivity contribution < 1.29 is 9.53 Å². The Morgan fingerprint density at radius 2 is 1.82 bits per heavy atom. The molecule has 2 aromatic rings. The van der Waals surface area contributed by atoms with E-state index < -0.39 is 6.10 Å². The van der Waals surface area contributed by atoms with Crippen molar-refractivity contribution in [2.24, 2.45) is 0 Å². The molecule has 0 fully saturated rings. The van der Waals surface area contributed by atoms with Crippen LogP contribution in [-0.2, 0) is 16.1 Å². The summed E-state index contributed by atoms with van der Waals surface area (Å²) in [5.41, 5.74) is 1.96. The fraction of sp³-hybridized carbons (Fsp3) is 0.333. The van der Waals surface area contributed by atoms with E-state index in [-0.39, 0.29) is 11.9 Å². The van der Waals surface area contributed by atoms with Gasteiger partial charge >= 0.3 is 0 Å². The number of aromatic nitrogens is 1. The molecule has 0 aliphatic rings. The Balaban J connectivity index is 2.27. The van der Waals surface area contributed by atoms with Crippen molar-refractivity contribution in [2.45, 2.75) is 32.5 Å². The van der Waals surface area contributed by atoms with Crippen molar-refractivity contribution in [3.8, 4) is 0 Å². The number of hydrogen-bond donors (Lipinski definition) is 0. The minimum absolute atomic E-state index is 0.0375. The maximum absolute atomic E-state index is 12.7. The normalized spacial score (nSPS) is 13.4. The standard InChI is InChI=1S/C18H22N2O2/c1-14(17-11-7-8-12-19-17)20(18(21)15(2)22-3)13-16-9-5-4-6-10-16/h4-12,14-15H,13H2,1-3H3. The molecule has 1 aromatic carbocycles. The van der Waals surface area contributed by atoms with Crippen molar-refractivity contribution in [1.82, 2.24) is 9.88 Å². The Morgan fingerprint density at radius 1 is 1.14 bits per heavy atom. The third kappa shape index (κ3) is 3.92. The second-order valence-electron chi connectivity index (χ2n) is 5.26. The van der Waals surface area contributed by atoms with Gasteiger partial charge in [-0.25, -0.2) is 0 Å². The molecule has 0 saturated carbocycles. The highest BCUT2D eigenvalue weighted by molar-refractivity contribution is 5.81. The van der Waals surface area contributed by atoms with Crippen LogP contribution in [0.15, 0.2) is 54.7 Å². The molecule has 4 nitrogen and oxygen atoms in total. The van der Waals surface area contributed by atoms with E-state index in [1.54, 1.807) is 20.2 Å². The van der Waals surface area contributed by atoms with Crippen LogP contribution in [-0.4, -0.2) is 29.0 Å². The third-order valence-corrected chi connectivity index (χ3v) is 3.76. The molecule has 0 aliphatic carbocycles. The smallest absolute Gasteiger partial charge is 0.252 e. The van der Waals surface area contributed by atoms with Gasteiger partial charge < -0.3 is 9.64 Å². The lowest BCUT2D eigenvalue weighted by molar-refractivity contribution is -0.144. The second kappa shape index (κ2) is 7.71. The average molecular weight is 298 g/mol. The van der Waals surface area contributed by atoms with Crippen LogP contribution in [0.2, 0.25) is 0 Å². The molecule has 116 valence electrons. The number of carbonyl (C=O) groups excluding carboxylic acids is 1. The van der Waals surface area contributed by atoms with Gasteiger partial charge in [0.25, 0.3) is 5.91 Å². The molecule has 0 aliphatic heterocycles. The number of carbonyl (C=O) groups is 1. The summed E-state index contributed by atoms with van der Waals surface area (Å²) in [6, 6.07) is 15.6. The Hall–Kier alpha value is -2.20. The number of pyridine rings is 1. The molecule has 0 spiro atoms. The van der Waals surface area contributed by atoms with Gasteiger partial charge in [0.1, 0.15) is 6.10 Å². The van der Waals surface area contributed by atoms with Gasteiger partial charge in [-0.3, -0.25) is 9.78 Å². The first-order valence-corrected chi connectivity index (χ1v) is 7.41. The predicted molar refractivity (Wildman–Crippen MR) is 86.1 cm³/mol. The molecule has 2 atom stereocenters. The van der Waals surface area contributed by atoms with Crippen molar-refractivity contribution in [1.29, 1.82) is 0 Å². The van der Waals surface area contributed by atoms with Gasteiger partial charge in [-0.1, -0.05) is 36.4 Å². The summed E-state index contributed by atoms with van der Waals surface area (Å²) in [5, 5.41) is 0. The van der Waals surface area contributed by atoms with Crippen LogP contribution in [0.5, 0.6) is 0 Å². The summed E-state index contributed by atoms with van der Waals surface area (Å²) < 4.78 is 5.21. The predicted octanol–water partition coefficient (Wildman–Crippen LogP) is 3.21. The fourth-order valence-electron chi connectivity index (χ4n) is 2.30. The van der Waals surface area contributed by atoms with Crippen LogP contribution in [0.4, 0.5) is 0 Å². The summed E-state index contributed by atoms with van der Waals surface area (Å²) >= 11 is 0. The highest BCUT2D eigenvalue weighted by Crippen LogP contribution is 2.22. The van der Waals surface area contributed by atoms with Crippen molar-refractivity contribution >= 4 is 5.91 Å². The minimum Gasteiger partial charge on any atom is -0.372 e.